The van der Waals surface area contributed by atoms with E-state index in [4.69, 9.17) is 10.3 Å². The number of carbonyl (C=O) groups is 1. The van der Waals surface area contributed by atoms with Crippen LogP contribution in [0, 0.1) is 0 Å². The number of azide groups is 1. The number of aliphatic hydroxyl groups is 1. The van der Waals surface area contributed by atoms with Crippen LogP contribution in [0.15, 0.2) is 5.11 Å². The molecule has 1 saturated carbocycles. The van der Waals surface area contributed by atoms with Gasteiger partial charge in [-0.25, -0.2) is 4.79 Å². The molecule has 1 amide bonds. The number of carbonyl (C=O) groups excluding carboxylic acids is 1. The van der Waals surface area contributed by atoms with Crippen LogP contribution in [0.25, 0.3) is 10.4 Å². The fourth-order valence-corrected chi connectivity index (χ4v) is 2.62. The average molecular weight is 284 g/mol. The van der Waals surface area contributed by atoms with Gasteiger partial charge in [-0.2, -0.15) is 0 Å². The van der Waals surface area contributed by atoms with Crippen molar-refractivity contribution in [3.8, 4) is 0 Å². The van der Waals surface area contributed by atoms with Gasteiger partial charge in [0, 0.05) is 4.91 Å². The van der Waals surface area contributed by atoms with Gasteiger partial charge in [-0.15, -0.1) is 0 Å². The lowest BCUT2D eigenvalue weighted by atomic mass is 9.77. The minimum Gasteiger partial charge on any atom is -0.444 e. The van der Waals surface area contributed by atoms with E-state index in [0.29, 0.717) is 12.8 Å². The van der Waals surface area contributed by atoms with Gasteiger partial charge < -0.3 is 15.2 Å². The van der Waals surface area contributed by atoms with Crippen LogP contribution in [0.1, 0.15) is 52.9 Å². The fraction of sp³-hybridized carbons (Fsp3) is 0.923. The molecule has 0 radical (unpaired) electrons. The summed E-state index contributed by atoms with van der Waals surface area (Å²) in [5.41, 5.74) is 7.34. The summed E-state index contributed by atoms with van der Waals surface area (Å²) in [6.07, 6.45) is 3.74. The van der Waals surface area contributed by atoms with Crippen LogP contribution >= 0.6 is 0 Å². The summed E-state index contributed by atoms with van der Waals surface area (Å²) in [6.45, 7) is 5.07. The first-order valence-electron chi connectivity index (χ1n) is 6.99. The Morgan fingerprint density at radius 1 is 1.45 bits per heavy atom. The van der Waals surface area contributed by atoms with E-state index in [2.05, 4.69) is 15.3 Å². The first kappa shape index (κ1) is 16.6. The van der Waals surface area contributed by atoms with Crippen molar-refractivity contribution in [3.05, 3.63) is 10.4 Å². The van der Waals surface area contributed by atoms with Gasteiger partial charge in [0.15, 0.2) is 0 Å². The summed E-state index contributed by atoms with van der Waals surface area (Å²) < 4.78 is 5.27. The van der Waals surface area contributed by atoms with Gasteiger partial charge in [0.25, 0.3) is 0 Å². The van der Waals surface area contributed by atoms with E-state index < -0.39 is 23.3 Å². The lowest BCUT2D eigenvalue weighted by molar-refractivity contribution is 0.0369. The summed E-state index contributed by atoms with van der Waals surface area (Å²) in [6, 6.07) is -0.666. The highest BCUT2D eigenvalue weighted by Gasteiger charge is 2.41. The Kier molecular flexibility index (Phi) is 5.65. The largest absolute Gasteiger partial charge is 0.444 e. The Hall–Kier alpha value is -1.46. The van der Waals surface area contributed by atoms with Crippen molar-refractivity contribution < 1.29 is 14.6 Å². The summed E-state index contributed by atoms with van der Waals surface area (Å²) in [5, 5.41) is 16.0. The number of hydrogen-bond donors (Lipinski definition) is 2. The van der Waals surface area contributed by atoms with Crippen molar-refractivity contribution in [1.29, 1.82) is 0 Å². The number of hydrogen-bond acceptors (Lipinski definition) is 4. The van der Waals surface area contributed by atoms with E-state index in [1.54, 1.807) is 20.8 Å². The normalized spacial score (nSPS) is 19.6. The van der Waals surface area contributed by atoms with Crippen LogP contribution < -0.4 is 5.32 Å². The summed E-state index contributed by atoms with van der Waals surface area (Å²) in [7, 11) is 0. The van der Waals surface area contributed by atoms with Crippen LogP contribution in [0.5, 0.6) is 0 Å². The standard InChI is InChI=1S/C13H24N4O3/c1-12(2,3)20-11(19)15-13(7-5-4-6-8-13)10(9-18)16-17-14/h10,18H,4-9H2,1-3H3,(H,15,19). The van der Waals surface area contributed by atoms with Gasteiger partial charge in [-0.1, -0.05) is 24.4 Å². The second kappa shape index (κ2) is 6.81. The molecule has 1 unspecified atom stereocenters. The predicted octanol–water partition coefficient (Wildman–Crippen LogP) is 2.89. The lowest BCUT2D eigenvalue weighted by Crippen LogP contribution is -2.58. The highest BCUT2D eigenvalue weighted by atomic mass is 16.6. The fourth-order valence-electron chi connectivity index (χ4n) is 2.62. The van der Waals surface area contributed by atoms with E-state index in [0.717, 1.165) is 19.3 Å². The zero-order chi connectivity index (χ0) is 15.2. The second-order valence-corrected chi connectivity index (χ2v) is 6.25. The van der Waals surface area contributed by atoms with E-state index >= 15 is 0 Å². The third-order valence-electron chi connectivity index (χ3n) is 3.50. The van der Waals surface area contributed by atoms with Gasteiger partial charge in [0.1, 0.15) is 5.60 Å². The van der Waals surface area contributed by atoms with E-state index in [9.17, 15) is 9.90 Å². The summed E-state index contributed by atoms with van der Waals surface area (Å²) in [5.74, 6) is 0. The maximum absolute atomic E-state index is 12.0. The number of nitrogens with one attached hydrogen (secondary N) is 1. The van der Waals surface area contributed by atoms with E-state index in [-0.39, 0.29) is 6.61 Å². The maximum Gasteiger partial charge on any atom is 0.408 e. The van der Waals surface area contributed by atoms with Crippen molar-refractivity contribution >= 4 is 6.09 Å². The molecule has 7 heteroatoms. The Balaban J connectivity index is 2.88. The minimum atomic E-state index is -0.707. The molecule has 0 aromatic heterocycles. The van der Waals surface area contributed by atoms with Gasteiger partial charge in [-0.05, 0) is 39.1 Å². The number of rotatable bonds is 4. The molecule has 0 saturated heterocycles. The highest BCUT2D eigenvalue weighted by Crippen LogP contribution is 2.33. The van der Waals surface area contributed by atoms with Crippen LogP contribution in [-0.2, 0) is 4.74 Å². The van der Waals surface area contributed by atoms with Gasteiger partial charge in [0.2, 0.25) is 0 Å². The van der Waals surface area contributed by atoms with Gasteiger partial charge in [-0.3, -0.25) is 0 Å². The molecule has 0 aromatic rings. The number of nitrogens with zero attached hydrogens (tertiary/aromatic N) is 3. The molecule has 114 valence electrons. The molecule has 0 heterocycles. The van der Waals surface area contributed by atoms with Crippen LogP contribution in [0.4, 0.5) is 4.79 Å². The van der Waals surface area contributed by atoms with Crippen molar-refractivity contribution in [2.75, 3.05) is 6.61 Å². The molecular formula is C13H24N4O3. The molecule has 20 heavy (non-hydrogen) atoms. The average Bonchev–Trinajstić information content (AvgIpc) is 2.34. The maximum atomic E-state index is 12.0. The summed E-state index contributed by atoms with van der Waals surface area (Å²) in [4.78, 5) is 14.8. The third kappa shape index (κ3) is 4.58. The Morgan fingerprint density at radius 3 is 2.50 bits per heavy atom. The number of aliphatic hydroxyl groups excluding tert-OH is 1. The van der Waals surface area contributed by atoms with Gasteiger partial charge in [0.05, 0.1) is 18.2 Å². The van der Waals surface area contributed by atoms with Crippen molar-refractivity contribution in [2.24, 2.45) is 5.11 Å². The molecule has 0 aliphatic heterocycles. The number of ether oxygens (including phenoxy) is 1. The molecular weight excluding hydrogens is 260 g/mol. The lowest BCUT2D eigenvalue weighted by Gasteiger charge is -2.41. The topological polar surface area (TPSA) is 107 Å². The van der Waals surface area contributed by atoms with Crippen molar-refractivity contribution in [1.82, 2.24) is 5.32 Å². The summed E-state index contributed by atoms with van der Waals surface area (Å²) >= 11 is 0. The van der Waals surface area contributed by atoms with Crippen LogP contribution in [0.3, 0.4) is 0 Å². The molecule has 1 fully saturated rings. The number of alkyl carbamates (subject to hydrolysis) is 1. The van der Waals surface area contributed by atoms with E-state index in [1.165, 1.54) is 0 Å². The quantitative estimate of drug-likeness (QED) is 0.470. The highest BCUT2D eigenvalue weighted by molar-refractivity contribution is 5.69. The molecule has 7 nitrogen and oxygen atoms in total. The Labute approximate surface area is 119 Å². The first-order valence-corrected chi connectivity index (χ1v) is 6.99. The molecule has 1 atom stereocenters. The van der Waals surface area contributed by atoms with E-state index in [1.807, 2.05) is 0 Å². The molecule has 1 rings (SSSR count). The second-order valence-electron chi connectivity index (χ2n) is 6.25. The molecule has 0 bridgehead atoms. The SMILES string of the molecule is CC(C)(C)OC(=O)NC1(C(CO)N=[N+]=[N-])CCCCC1. The van der Waals surface area contributed by atoms with Gasteiger partial charge >= 0.3 is 6.09 Å². The first-order chi connectivity index (χ1) is 9.33. The number of amides is 1. The third-order valence-corrected chi connectivity index (χ3v) is 3.50. The minimum absolute atomic E-state index is 0.292. The van der Waals surface area contributed by atoms with Crippen molar-refractivity contribution in [3.63, 3.8) is 0 Å². The predicted molar refractivity (Wildman–Crippen MR) is 75.2 cm³/mol. The molecule has 1 aliphatic carbocycles. The Bertz CT molecular complexity index is 380. The molecule has 1 aliphatic rings. The Morgan fingerprint density at radius 2 is 2.05 bits per heavy atom. The monoisotopic (exact) mass is 284 g/mol. The smallest absolute Gasteiger partial charge is 0.408 e. The molecule has 0 aromatic carbocycles. The zero-order valence-electron chi connectivity index (χ0n) is 12.4. The molecule has 2 N–H and O–H groups in total. The van der Waals surface area contributed by atoms with Crippen LogP contribution in [-0.4, -0.2) is 35.0 Å². The van der Waals surface area contributed by atoms with Crippen molar-refractivity contribution in [2.45, 2.75) is 70.1 Å². The van der Waals surface area contributed by atoms with Crippen LogP contribution in [0.2, 0.25) is 0 Å². The zero-order valence-corrected chi connectivity index (χ0v) is 12.4. The molecule has 0 spiro atoms.